The Morgan fingerprint density at radius 2 is 1.57 bits per heavy atom. The van der Waals surface area contributed by atoms with E-state index in [0.717, 1.165) is 39.1 Å². The largest absolute Gasteiger partial charge is 0.465 e. The summed E-state index contributed by atoms with van der Waals surface area (Å²) in [6.45, 7) is 4.27. The van der Waals surface area contributed by atoms with Crippen molar-refractivity contribution in [1.29, 1.82) is 0 Å². The van der Waals surface area contributed by atoms with E-state index in [1.807, 2.05) is 84.9 Å². The molecule has 46 heavy (non-hydrogen) atoms. The fourth-order valence-electron chi connectivity index (χ4n) is 5.34. The SMILES string of the molecule is CCOC(=O)CNC(=O)NCc1cccc(-c2cccc([C@H]3O[C@@H](CSc4ccccc4)[C@@H](C)[C@@H](c4ccc(CO)cc4)O3)c2)c1. The van der Waals surface area contributed by atoms with Gasteiger partial charge in [-0.15, -0.1) is 11.8 Å². The molecule has 0 bridgehead atoms. The molecule has 1 fully saturated rings. The predicted octanol–water partition coefficient (Wildman–Crippen LogP) is 6.79. The molecule has 1 aliphatic heterocycles. The first-order valence-electron chi connectivity index (χ1n) is 15.5. The first-order chi connectivity index (χ1) is 22.4. The monoisotopic (exact) mass is 640 g/mol. The lowest BCUT2D eigenvalue weighted by Crippen LogP contribution is -2.38. The molecule has 8 nitrogen and oxygen atoms in total. The van der Waals surface area contributed by atoms with Crippen molar-refractivity contribution in [3.63, 3.8) is 0 Å². The molecule has 4 aromatic carbocycles. The second-order valence-electron chi connectivity index (χ2n) is 11.1. The molecule has 9 heteroatoms. The molecule has 0 aromatic heterocycles. The van der Waals surface area contributed by atoms with E-state index < -0.39 is 18.3 Å². The van der Waals surface area contributed by atoms with Gasteiger partial charge < -0.3 is 30.0 Å². The Morgan fingerprint density at radius 1 is 0.826 bits per heavy atom. The second-order valence-corrected chi connectivity index (χ2v) is 12.2. The summed E-state index contributed by atoms with van der Waals surface area (Å²) < 4.78 is 18.2. The molecular formula is C37H40N2O6S. The molecule has 2 amide bonds. The molecule has 5 rings (SSSR count). The van der Waals surface area contributed by atoms with Crippen molar-refractivity contribution in [3.05, 3.63) is 125 Å². The summed E-state index contributed by atoms with van der Waals surface area (Å²) in [5, 5.41) is 14.9. The molecule has 3 N–H and O–H groups in total. The van der Waals surface area contributed by atoms with Crippen LogP contribution in [0.4, 0.5) is 4.79 Å². The number of carbonyl (C=O) groups excluding carboxylic acids is 2. The van der Waals surface area contributed by atoms with E-state index in [1.54, 1.807) is 18.7 Å². The van der Waals surface area contributed by atoms with Crippen LogP contribution in [0.5, 0.6) is 0 Å². The van der Waals surface area contributed by atoms with Crippen LogP contribution >= 0.6 is 11.8 Å². The zero-order chi connectivity index (χ0) is 32.3. The molecule has 0 unspecified atom stereocenters. The van der Waals surface area contributed by atoms with E-state index in [0.29, 0.717) is 6.54 Å². The van der Waals surface area contributed by atoms with Gasteiger partial charge in [0.05, 0.1) is 25.4 Å². The van der Waals surface area contributed by atoms with E-state index >= 15 is 0 Å². The minimum atomic E-state index is -0.576. The lowest BCUT2D eigenvalue weighted by molar-refractivity contribution is -0.268. The van der Waals surface area contributed by atoms with Crippen LogP contribution in [0.2, 0.25) is 0 Å². The highest BCUT2D eigenvalue weighted by atomic mass is 32.2. The van der Waals surface area contributed by atoms with E-state index in [1.165, 1.54) is 4.90 Å². The number of hydrogen-bond acceptors (Lipinski definition) is 7. The number of esters is 1. The number of rotatable bonds is 12. The normalized spacial score (nSPS) is 19.3. The maximum absolute atomic E-state index is 12.2. The molecule has 1 saturated heterocycles. The summed E-state index contributed by atoms with van der Waals surface area (Å²) in [4.78, 5) is 24.9. The number of carbonyl (C=O) groups is 2. The third-order valence-electron chi connectivity index (χ3n) is 7.85. The van der Waals surface area contributed by atoms with Crippen LogP contribution in [0, 0.1) is 5.92 Å². The lowest BCUT2D eigenvalue weighted by Gasteiger charge is -2.41. The minimum Gasteiger partial charge on any atom is -0.465 e. The number of urea groups is 1. The van der Waals surface area contributed by atoms with E-state index in [2.05, 4.69) is 35.8 Å². The Balaban J connectivity index is 1.32. The smallest absolute Gasteiger partial charge is 0.325 e. The number of amides is 2. The van der Waals surface area contributed by atoms with Gasteiger partial charge in [0.2, 0.25) is 0 Å². The van der Waals surface area contributed by atoms with E-state index in [-0.39, 0.29) is 37.9 Å². The standard InChI is InChI=1S/C37H40N2O6S/c1-3-43-34(41)22-39-37(42)38-21-27-9-7-10-29(19-27)30-11-8-12-31(20-30)36-44-33(24-46-32-13-5-4-6-14-32)25(2)35(45-36)28-17-15-26(23-40)16-18-28/h4-20,25,33,35-36,40H,3,21-24H2,1-2H3,(H2,38,39,42)/t25-,33+,35+,36+/m1/s1. The molecule has 1 aliphatic rings. The van der Waals surface area contributed by atoms with Gasteiger partial charge in [-0.3, -0.25) is 4.79 Å². The van der Waals surface area contributed by atoms with Gasteiger partial charge in [-0.05, 0) is 59.0 Å². The molecule has 1 heterocycles. The highest BCUT2D eigenvalue weighted by molar-refractivity contribution is 7.99. The number of ether oxygens (including phenoxy) is 3. The molecule has 0 aliphatic carbocycles. The summed E-state index contributed by atoms with van der Waals surface area (Å²) >= 11 is 1.77. The maximum atomic E-state index is 12.2. The Bertz CT molecular complexity index is 1580. The van der Waals surface area contributed by atoms with Crippen molar-refractivity contribution in [1.82, 2.24) is 10.6 Å². The van der Waals surface area contributed by atoms with Crippen molar-refractivity contribution in [3.8, 4) is 11.1 Å². The fraction of sp³-hybridized carbons (Fsp3) is 0.297. The quantitative estimate of drug-likeness (QED) is 0.116. The van der Waals surface area contributed by atoms with Crippen LogP contribution in [0.25, 0.3) is 11.1 Å². The van der Waals surface area contributed by atoms with Crippen LogP contribution in [-0.4, -0.2) is 42.1 Å². The Labute approximate surface area is 274 Å². The second kappa shape index (κ2) is 16.4. The van der Waals surface area contributed by atoms with Crippen molar-refractivity contribution in [2.45, 2.75) is 50.4 Å². The first-order valence-corrected chi connectivity index (χ1v) is 16.5. The van der Waals surface area contributed by atoms with Gasteiger partial charge >= 0.3 is 12.0 Å². The van der Waals surface area contributed by atoms with Crippen LogP contribution in [0.3, 0.4) is 0 Å². The highest BCUT2D eigenvalue weighted by Crippen LogP contribution is 2.43. The van der Waals surface area contributed by atoms with Crippen LogP contribution in [0.15, 0.2) is 108 Å². The van der Waals surface area contributed by atoms with E-state index in [9.17, 15) is 14.7 Å². The first kappa shape index (κ1) is 33.2. The fourth-order valence-corrected chi connectivity index (χ4v) is 6.43. The van der Waals surface area contributed by atoms with Gasteiger partial charge in [-0.25, -0.2) is 4.79 Å². The van der Waals surface area contributed by atoms with Gasteiger partial charge in [0.1, 0.15) is 6.54 Å². The molecule has 0 saturated carbocycles. The summed E-state index contributed by atoms with van der Waals surface area (Å²) in [5.41, 5.74) is 5.73. The number of aliphatic hydroxyl groups is 1. The summed E-state index contributed by atoms with van der Waals surface area (Å²) in [7, 11) is 0. The van der Waals surface area contributed by atoms with Gasteiger partial charge in [0.25, 0.3) is 0 Å². The molecular weight excluding hydrogens is 600 g/mol. The molecule has 240 valence electrons. The summed E-state index contributed by atoms with van der Waals surface area (Å²) in [6.07, 6.45) is -0.839. The van der Waals surface area contributed by atoms with Gasteiger partial charge in [0.15, 0.2) is 6.29 Å². The summed E-state index contributed by atoms with van der Waals surface area (Å²) in [5.74, 6) is 0.389. The number of nitrogens with one attached hydrogen (secondary N) is 2. The number of hydrogen-bond donors (Lipinski definition) is 3. The highest BCUT2D eigenvalue weighted by Gasteiger charge is 2.38. The lowest BCUT2D eigenvalue weighted by atomic mass is 9.91. The third kappa shape index (κ3) is 8.98. The topological polar surface area (TPSA) is 106 Å². The van der Waals surface area contributed by atoms with Crippen LogP contribution < -0.4 is 10.6 Å². The predicted molar refractivity (Wildman–Crippen MR) is 179 cm³/mol. The Kier molecular flexibility index (Phi) is 11.9. The zero-order valence-electron chi connectivity index (χ0n) is 26.1. The molecule has 4 aromatic rings. The maximum Gasteiger partial charge on any atom is 0.325 e. The van der Waals surface area contributed by atoms with Crippen molar-refractivity contribution in [2.75, 3.05) is 18.9 Å². The zero-order valence-corrected chi connectivity index (χ0v) is 26.9. The molecule has 0 radical (unpaired) electrons. The van der Waals surface area contributed by atoms with Crippen molar-refractivity contribution < 1.29 is 28.9 Å². The van der Waals surface area contributed by atoms with Crippen molar-refractivity contribution >= 4 is 23.8 Å². The average molecular weight is 641 g/mol. The Hall–Kier alpha value is -4.15. The Morgan fingerprint density at radius 3 is 2.30 bits per heavy atom. The van der Waals surface area contributed by atoms with E-state index in [4.69, 9.17) is 14.2 Å². The number of benzene rings is 4. The summed E-state index contributed by atoms with van der Waals surface area (Å²) in [6, 6.07) is 33.9. The number of thioether (sulfide) groups is 1. The van der Waals surface area contributed by atoms with Gasteiger partial charge in [-0.2, -0.15) is 0 Å². The van der Waals surface area contributed by atoms with Crippen LogP contribution in [0.1, 0.15) is 48.5 Å². The third-order valence-corrected chi connectivity index (χ3v) is 8.95. The average Bonchev–Trinajstić information content (AvgIpc) is 3.10. The molecule has 0 spiro atoms. The number of aliphatic hydroxyl groups excluding tert-OH is 1. The minimum absolute atomic E-state index is 0.00380. The van der Waals surface area contributed by atoms with Gasteiger partial charge in [-0.1, -0.05) is 85.8 Å². The van der Waals surface area contributed by atoms with Crippen molar-refractivity contribution in [2.24, 2.45) is 5.92 Å². The molecule has 4 atom stereocenters. The van der Waals surface area contributed by atoms with Gasteiger partial charge in [0, 0.05) is 28.7 Å². The van der Waals surface area contributed by atoms with Crippen LogP contribution in [-0.2, 0) is 32.2 Å².